The van der Waals surface area contributed by atoms with Crippen molar-refractivity contribution in [2.45, 2.75) is 109 Å². The molecule has 0 aliphatic heterocycles. The first-order valence-electron chi connectivity index (χ1n) is 16.1. The Labute approximate surface area is 260 Å². The number of nitriles is 1. The molecule has 7 nitrogen and oxygen atoms in total. The Morgan fingerprint density at radius 2 is 1.47 bits per heavy atom. The number of carbonyl (C=O) groups is 1. The topological polar surface area (TPSA) is 92.0 Å². The fraction of sp³-hybridized carbons (Fsp3) is 0.611. The average Bonchev–Trinajstić information content (AvgIpc) is 3.03. The van der Waals surface area contributed by atoms with Crippen molar-refractivity contribution in [1.29, 1.82) is 5.26 Å². The van der Waals surface area contributed by atoms with Gasteiger partial charge in [-0.25, -0.2) is 4.79 Å². The number of ether oxygens (including phenoxy) is 3. The van der Waals surface area contributed by atoms with Crippen molar-refractivity contribution in [2.24, 2.45) is 0 Å². The highest BCUT2D eigenvalue weighted by Crippen LogP contribution is 2.39. The summed E-state index contributed by atoms with van der Waals surface area (Å²) in [6.07, 6.45) is 15.1. The molecule has 2 rings (SSSR count). The van der Waals surface area contributed by atoms with Gasteiger partial charge in [0.05, 0.1) is 25.7 Å². The molecule has 0 saturated heterocycles. The molecular formula is C36H54N2O5. The summed E-state index contributed by atoms with van der Waals surface area (Å²) in [4.78, 5) is 13.1. The van der Waals surface area contributed by atoms with Gasteiger partial charge < -0.3 is 19.3 Å². The third-order valence-electron chi connectivity index (χ3n) is 8.61. The molecule has 0 amide bonds. The molecule has 0 aliphatic rings. The summed E-state index contributed by atoms with van der Waals surface area (Å²) in [7, 11) is 5.37. The Kier molecular flexibility index (Phi) is 16.6. The van der Waals surface area contributed by atoms with Gasteiger partial charge in [0.15, 0.2) is 18.1 Å². The van der Waals surface area contributed by atoms with Crippen LogP contribution in [0.4, 0.5) is 0 Å². The monoisotopic (exact) mass is 594 g/mol. The van der Waals surface area contributed by atoms with Crippen LogP contribution in [-0.2, 0) is 10.2 Å². The van der Waals surface area contributed by atoms with E-state index < -0.39 is 11.4 Å². The van der Waals surface area contributed by atoms with E-state index in [1.807, 2.05) is 42.5 Å². The molecule has 2 aromatic rings. The van der Waals surface area contributed by atoms with E-state index >= 15 is 0 Å². The van der Waals surface area contributed by atoms with Crippen molar-refractivity contribution in [3.63, 3.8) is 0 Å². The molecule has 0 spiro atoms. The van der Waals surface area contributed by atoms with E-state index in [1.165, 1.54) is 51.4 Å². The summed E-state index contributed by atoms with van der Waals surface area (Å²) in [6.45, 7) is 4.90. The Morgan fingerprint density at radius 1 is 0.884 bits per heavy atom. The molecule has 0 fully saturated rings. The quantitative estimate of drug-likeness (QED) is 0.129. The fourth-order valence-corrected chi connectivity index (χ4v) is 5.70. The number of carboxylic acids is 1. The van der Waals surface area contributed by atoms with Crippen molar-refractivity contribution in [3.05, 3.63) is 53.6 Å². The molecular weight excluding hydrogens is 540 g/mol. The number of aliphatic carboxylic acids is 1. The fourth-order valence-electron chi connectivity index (χ4n) is 5.70. The van der Waals surface area contributed by atoms with Gasteiger partial charge in [0.2, 0.25) is 0 Å². The predicted molar refractivity (Wildman–Crippen MR) is 173 cm³/mol. The number of hydrogen-bond acceptors (Lipinski definition) is 6. The number of nitrogens with zero attached hydrogens (tertiary/aromatic N) is 2. The summed E-state index contributed by atoms with van der Waals surface area (Å²) < 4.78 is 16.3. The molecule has 0 radical (unpaired) electrons. The van der Waals surface area contributed by atoms with Crippen LogP contribution in [-0.4, -0.2) is 50.4 Å². The maximum Gasteiger partial charge on any atom is 0.341 e. The van der Waals surface area contributed by atoms with Crippen LogP contribution in [0.5, 0.6) is 17.2 Å². The number of carboxylic acid groups (broad SMARTS) is 1. The van der Waals surface area contributed by atoms with Crippen molar-refractivity contribution < 1.29 is 24.1 Å². The summed E-state index contributed by atoms with van der Waals surface area (Å²) >= 11 is 0. The van der Waals surface area contributed by atoms with E-state index in [2.05, 4.69) is 31.9 Å². The average molecular weight is 595 g/mol. The van der Waals surface area contributed by atoms with Gasteiger partial charge in [0.1, 0.15) is 5.75 Å². The van der Waals surface area contributed by atoms with Crippen LogP contribution in [0, 0.1) is 11.3 Å². The molecule has 1 N–H and O–H groups in total. The SMILES string of the molecule is CCCCCCCCCCCCC(C#N)(CCCN(C)C(C)c1ccc(OCC(=O)O)cc1)c1ccc(OC)c(OC)c1. The largest absolute Gasteiger partial charge is 0.493 e. The van der Waals surface area contributed by atoms with Crippen LogP contribution in [0.3, 0.4) is 0 Å². The first kappa shape index (κ1) is 36.0. The summed E-state index contributed by atoms with van der Waals surface area (Å²) in [5.74, 6) is 0.878. The van der Waals surface area contributed by atoms with Crippen molar-refractivity contribution in [2.75, 3.05) is 34.4 Å². The standard InChI is InChI=1S/C36H54N2O5/c1-6-7-8-9-10-11-12-13-14-15-23-36(28-37,31-19-22-33(41-4)34(26-31)42-5)24-16-25-38(3)29(2)30-17-20-32(21-18-30)43-27-35(39)40/h17-22,26,29H,6-16,23-25,27H2,1-5H3,(H,39,40). The number of rotatable bonds is 23. The third kappa shape index (κ3) is 12.1. The highest BCUT2D eigenvalue weighted by molar-refractivity contribution is 5.68. The van der Waals surface area contributed by atoms with Gasteiger partial charge in [-0.05, 0) is 75.2 Å². The summed E-state index contributed by atoms with van der Waals surface area (Å²) in [6, 6.07) is 16.4. The minimum atomic E-state index is -0.994. The van der Waals surface area contributed by atoms with E-state index in [1.54, 1.807) is 14.2 Å². The molecule has 0 heterocycles. The van der Waals surface area contributed by atoms with Crippen LogP contribution in [0.25, 0.3) is 0 Å². The Hall–Kier alpha value is -3.24. The van der Waals surface area contributed by atoms with Crippen molar-refractivity contribution in [3.8, 4) is 23.3 Å². The van der Waals surface area contributed by atoms with Crippen LogP contribution in [0.2, 0.25) is 0 Å². The van der Waals surface area contributed by atoms with E-state index in [4.69, 9.17) is 19.3 Å². The second-order valence-electron chi connectivity index (χ2n) is 11.7. The van der Waals surface area contributed by atoms with Crippen LogP contribution < -0.4 is 14.2 Å². The lowest BCUT2D eigenvalue weighted by Crippen LogP contribution is -2.28. The minimum Gasteiger partial charge on any atom is -0.493 e. The van der Waals surface area contributed by atoms with E-state index in [0.717, 1.165) is 49.8 Å². The zero-order chi connectivity index (χ0) is 31.5. The lowest BCUT2D eigenvalue weighted by atomic mass is 9.74. The van der Waals surface area contributed by atoms with Gasteiger partial charge in [0.25, 0.3) is 0 Å². The summed E-state index contributed by atoms with van der Waals surface area (Å²) in [5.41, 5.74) is 1.53. The van der Waals surface area contributed by atoms with Gasteiger partial charge >= 0.3 is 5.97 Å². The van der Waals surface area contributed by atoms with E-state index in [0.29, 0.717) is 17.2 Å². The minimum absolute atomic E-state index is 0.160. The van der Waals surface area contributed by atoms with Crippen molar-refractivity contribution in [1.82, 2.24) is 4.90 Å². The first-order valence-corrected chi connectivity index (χ1v) is 16.1. The molecule has 238 valence electrons. The highest BCUT2D eigenvalue weighted by atomic mass is 16.5. The molecule has 0 aromatic heterocycles. The van der Waals surface area contributed by atoms with E-state index in [9.17, 15) is 10.1 Å². The zero-order valence-corrected chi connectivity index (χ0v) is 27.2. The zero-order valence-electron chi connectivity index (χ0n) is 27.2. The smallest absolute Gasteiger partial charge is 0.341 e. The molecule has 2 atom stereocenters. The second-order valence-corrected chi connectivity index (χ2v) is 11.7. The molecule has 2 unspecified atom stereocenters. The molecule has 43 heavy (non-hydrogen) atoms. The molecule has 0 aliphatic carbocycles. The first-order chi connectivity index (χ1) is 20.8. The maximum atomic E-state index is 10.8. The second kappa shape index (κ2) is 19.9. The summed E-state index contributed by atoms with van der Waals surface area (Å²) in [5, 5.41) is 19.5. The van der Waals surface area contributed by atoms with Gasteiger partial charge in [-0.2, -0.15) is 5.26 Å². The number of methoxy groups -OCH3 is 2. The van der Waals surface area contributed by atoms with Gasteiger partial charge in [-0.1, -0.05) is 89.3 Å². The van der Waals surface area contributed by atoms with Gasteiger partial charge in [0, 0.05) is 6.04 Å². The molecule has 7 heteroatoms. The van der Waals surface area contributed by atoms with E-state index in [-0.39, 0.29) is 12.6 Å². The van der Waals surface area contributed by atoms with Crippen LogP contribution in [0.15, 0.2) is 42.5 Å². The number of benzene rings is 2. The maximum absolute atomic E-state index is 10.8. The third-order valence-corrected chi connectivity index (χ3v) is 8.61. The van der Waals surface area contributed by atoms with Crippen LogP contribution in [0.1, 0.15) is 114 Å². The molecule has 2 aromatic carbocycles. The number of hydrogen-bond donors (Lipinski definition) is 1. The Balaban J connectivity index is 2.01. The van der Waals surface area contributed by atoms with Gasteiger partial charge in [-0.3, -0.25) is 4.90 Å². The molecule has 0 saturated carbocycles. The Morgan fingerprint density at radius 3 is 2.02 bits per heavy atom. The normalized spacial score (nSPS) is 13.2. The Bertz CT molecular complexity index is 1110. The number of unbranched alkanes of at least 4 members (excludes halogenated alkanes) is 9. The predicted octanol–water partition coefficient (Wildman–Crippen LogP) is 8.71. The highest BCUT2D eigenvalue weighted by Gasteiger charge is 2.32. The molecule has 0 bridgehead atoms. The van der Waals surface area contributed by atoms with Crippen molar-refractivity contribution >= 4 is 5.97 Å². The lowest BCUT2D eigenvalue weighted by molar-refractivity contribution is -0.139. The van der Waals surface area contributed by atoms with Crippen LogP contribution >= 0.6 is 0 Å². The lowest BCUT2D eigenvalue weighted by Gasteiger charge is -2.30. The van der Waals surface area contributed by atoms with Gasteiger partial charge in [-0.15, -0.1) is 0 Å².